The molecule has 31 heavy (non-hydrogen) atoms. The summed E-state index contributed by atoms with van der Waals surface area (Å²) in [7, 11) is 0. The van der Waals surface area contributed by atoms with Crippen molar-refractivity contribution >= 4 is 16.7 Å². The summed E-state index contributed by atoms with van der Waals surface area (Å²) in [6, 6.07) is 18.1. The Kier molecular flexibility index (Phi) is 5.20. The fraction of sp³-hybridized carbons (Fsp3) is 0.280. The molecule has 0 spiro atoms. The van der Waals surface area contributed by atoms with E-state index in [1.54, 1.807) is 6.20 Å². The molecule has 0 radical (unpaired) electrons. The summed E-state index contributed by atoms with van der Waals surface area (Å²) in [5.74, 6) is 1.20. The molecule has 1 aliphatic heterocycles. The van der Waals surface area contributed by atoms with Crippen molar-refractivity contribution in [2.75, 3.05) is 13.1 Å². The Morgan fingerprint density at radius 2 is 1.94 bits per heavy atom. The average Bonchev–Trinajstić information content (AvgIpc) is 3.30. The fourth-order valence-corrected chi connectivity index (χ4v) is 4.18. The molecule has 1 amide bonds. The summed E-state index contributed by atoms with van der Waals surface area (Å²) in [4.78, 5) is 19.2. The maximum absolute atomic E-state index is 12.9. The van der Waals surface area contributed by atoms with Crippen LogP contribution in [0.3, 0.4) is 0 Å². The Bertz CT molecular complexity index is 1210. The summed E-state index contributed by atoms with van der Waals surface area (Å²) >= 11 is 0. The minimum atomic E-state index is 0.0481. The zero-order valence-corrected chi connectivity index (χ0v) is 17.5. The van der Waals surface area contributed by atoms with Gasteiger partial charge in [0.25, 0.3) is 5.89 Å². The Labute approximate surface area is 180 Å². The first-order chi connectivity index (χ1) is 15.2. The van der Waals surface area contributed by atoms with Gasteiger partial charge in [0, 0.05) is 24.7 Å². The van der Waals surface area contributed by atoms with Crippen molar-refractivity contribution in [3.05, 3.63) is 77.8 Å². The van der Waals surface area contributed by atoms with Gasteiger partial charge in [-0.3, -0.25) is 9.78 Å². The van der Waals surface area contributed by atoms with E-state index in [0.717, 1.165) is 35.7 Å². The third-order valence-corrected chi connectivity index (χ3v) is 5.92. The second-order valence-corrected chi connectivity index (χ2v) is 8.17. The lowest BCUT2D eigenvalue weighted by Gasteiger charge is -2.31. The number of amides is 1. The quantitative estimate of drug-likeness (QED) is 0.492. The third-order valence-electron chi connectivity index (χ3n) is 5.92. The van der Waals surface area contributed by atoms with E-state index in [-0.39, 0.29) is 11.8 Å². The van der Waals surface area contributed by atoms with Crippen molar-refractivity contribution < 1.29 is 9.21 Å². The average molecular weight is 412 g/mol. The van der Waals surface area contributed by atoms with Crippen molar-refractivity contribution in [3.8, 4) is 11.6 Å². The lowest BCUT2D eigenvalue weighted by molar-refractivity contribution is -0.131. The predicted octanol–water partition coefficient (Wildman–Crippen LogP) is 4.54. The van der Waals surface area contributed by atoms with Crippen LogP contribution < -0.4 is 0 Å². The van der Waals surface area contributed by atoms with Crippen LogP contribution in [0.5, 0.6) is 0 Å². The van der Waals surface area contributed by atoms with Crippen LogP contribution in [0.25, 0.3) is 22.4 Å². The van der Waals surface area contributed by atoms with Gasteiger partial charge in [0.2, 0.25) is 11.8 Å². The standard InChI is InChI=1S/C25H24N4O2/c1-17-8-10-18(11-9-17)15-22(30)29-14-4-6-20(16-29)24-27-28-25(31-24)23-21-7-3-2-5-19(21)12-13-26-23/h2-3,5,7-13,20H,4,6,14-16H2,1H3/t20-/m1/s1. The molecule has 3 heterocycles. The summed E-state index contributed by atoms with van der Waals surface area (Å²) in [6.45, 7) is 3.43. The zero-order chi connectivity index (χ0) is 21.2. The number of carbonyl (C=O) groups is 1. The van der Waals surface area contributed by atoms with Gasteiger partial charge in [0.1, 0.15) is 5.69 Å². The van der Waals surface area contributed by atoms with Crippen molar-refractivity contribution in [2.45, 2.75) is 32.1 Å². The molecule has 6 heteroatoms. The van der Waals surface area contributed by atoms with Crippen LogP contribution in [0.4, 0.5) is 0 Å². The summed E-state index contributed by atoms with van der Waals surface area (Å²) in [5.41, 5.74) is 2.93. The van der Waals surface area contributed by atoms with E-state index in [2.05, 4.69) is 15.2 Å². The first-order valence-corrected chi connectivity index (χ1v) is 10.7. The number of hydrogen-bond donors (Lipinski definition) is 0. The molecule has 1 fully saturated rings. The fourth-order valence-electron chi connectivity index (χ4n) is 4.18. The van der Waals surface area contributed by atoms with Gasteiger partial charge in [0.15, 0.2) is 0 Å². The number of pyridine rings is 1. The largest absolute Gasteiger partial charge is 0.419 e. The SMILES string of the molecule is Cc1ccc(CC(=O)N2CCC[C@@H](c3nnc(-c4nccc5ccccc45)o3)C2)cc1. The Hall–Kier alpha value is -3.54. The van der Waals surface area contributed by atoms with E-state index < -0.39 is 0 Å². The maximum Gasteiger partial charge on any atom is 0.266 e. The van der Waals surface area contributed by atoms with E-state index in [9.17, 15) is 4.79 Å². The minimum absolute atomic E-state index is 0.0481. The van der Waals surface area contributed by atoms with Gasteiger partial charge in [-0.05, 0) is 36.8 Å². The number of piperidine rings is 1. The molecule has 2 aromatic carbocycles. The Balaban J connectivity index is 1.32. The van der Waals surface area contributed by atoms with Gasteiger partial charge in [-0.15, -0.1) is 10.2 Å². The van der Waals surface area contributed by atoms with Crippen molar-refractivity contribution in [3.63, 3.8) is 0 Å². The highest BCUT2D eigenvalue weighted by molar-refractivity contribution is 5.92. The van der Waals surface area contributed by atoms with Crippen LogP contribution in [0.2, 0.25) is 0 Å². The number of fused-ring (bicyclic) bond motifs is 1. The molecule has 0 saturated carbocycles. The molecule has 0 N–H and O–H groups in total. The molecular formula is C25H24N4O2. The van der Waals surface area contributed by atoms with E-state index >= 15 is 0 Å². The summed E-state index contributed by atoms with van der Waals surface area (Å²) in [6.07, 6.45) is 4.03. The number of carbonyl (C=O) groups excluding carboxylic acids is 1. The van der Waals surface area contributed by atoms with Crippen LogP contribution >= 0.6 is 0 Å². The lowest BCUT2D eigenvalue weighted by Crippen LogP contribution is -2.40. The molecular weight excluding hydrogens is 388 g/mol. The van der Waals surface area contributed by atoms with Gasteiger partial charge in [-0.1, -0.05) is 54.1 Å². The first-order valence-electron chi connectivity index (χ1n) is 10.7. The normalized spacial score (nSPS) is 16.5. The summed E-state index contributed by atoms with van der Waals surface area (Å²) in [5, 5.41) is 10.7. The molecule has 1 saturated heterocycles. The molecule has 156 valence electrons. The molecule has 1 aliphatic rings. The number of likely N-dealkylation sites (tertiary alicyclic amines) is 1. The monoisotopic (exact) mass is 412 g/mol. The molecule has 1 atom stereocenters. The second kappa shape index (κ2) is 8.30. The molecule has 6 nitrogen and oxygen atoms in total. The Morgan fingerprint density at radius 1 is 1.10 bits per heavy atom. The van der Waals surface area contributed by atoms with Crippen molar-refractivity contribution in [2.24, 2.45) is 0 Å². The van der Waals surface area contributed by atoms with Gasteiger partial charge in [-0.25, -0.2) is 0 Å². The highest BCUT2D eigenvalue weighted by Crippen LogP contribution is 2.30. The topological polar surface area (TPSA) is 72.1 Å². The summed E-state index contributed by atoms with van der Waals surface area (Å²) < 4.78 is 6.05. The van der Waals surface area contributed by atoms with E-state index in [0.29, 0.717) is 30.4 Å². The van der Waals surface area contributed by atoms with Crippen molar-refractivity contribution in [1.82, 2.24) is 20.1 Å². The van der Waals surface area contributed by atoms with Crippen LogP contribution in [-0.2, 0) is 11.2 Å². The van der Waals surface area contributed by atoms with Gasteiger partial charge in [0.05, 0.1) is 12.3 Å². The van der Waals surface area contributed by atoms with E-state index in [1.807, 2.05) is 66.4 Å². The first kappa shape index (κ1) is 19.4. The van der Waals surface area contributed by atoms with E-state index in [1.165, 1.54) is 5.56 Å². The number of rotatable bonds is 4. The smallest absolute Gasteiger partial charge is 0.266 e. The van der Waals surface area contributed by atoms with Gasteiger partial charge >= 0.3 is 0 Å². The number of hydrogen-bond acceptors (Lipinski definition) is 5. The second-order valence-electron chi connectivity index (χ2n) is 8.17. The highest BCUT2D eigenvalue weighted by atomic mass is 16.4. The zero-order valence-electron chi connectivity index (χ0n) is 17.5. The predicted molar refractivity (Wildman–Crippen MR) is 118 cm³/mol. The van der Waals surface area contributed by atoms with E-state index in [4.69, 9.17) is 4.42 Å². The van der Waals surface area contributed by atoms with Gasteiger partial charge < -0.3 is 9.32 Å². The van der Waals surface area contributed by atoms with Crippen LogP contribution in [-0.4, -0.2) is 39.1 Å². The van der Waals surface area contributed by atoms with Crippen molar-refractivity contribution in [1.29, 1.82) is 0 Å². The number of aryl methyl sites for hydroxylation is 1. The molecule has 0 unspecified atom stereocenters. The molecule has 5 rings (SSSR count). The van der Waals surface area contributed by atoms with Crippen LogP contribution in [0, 0.1) is 6.92 Å². The molecule has 4 aromatic rings. The molecule has 0 aliphatic carbocycles. The number of aromatic nitrogens is 3. The minimum Gasteiger partial charge on any atom is -0.419 e. The van der Waals surface area contributed by atoms with Gasteiger partial charge in [-0.2, -0.15) is 0 Å². The molecule has 2 aromatic heterocycles. The van der Waals surface area contributed by atoms with Crippen LogP contribution in [0.1, 0.15) is 35.8 Å². The molecule has 0 bridgehead atoms. The maximum atomic E-state index is 12.9. The Morgan fingerprint density at radius 3 is 2.81 bits per heavy atom. The highest BCUT2D eigenvalue weighted by Gasteiger charge is 2.29. The van der Waals surface area contributed by atoms with Crippen LogP contribution in [0.15, 0.2) is 65.2 Å². The third kappa shape index (κ3) is 4.06. The number of nitrogens with zero attached hydrogens (tertiary/aromatic N) is 4. The lowest BCUT2D eigenvalue weighted by atomic mass is 9.97. The number of benzene rings is 2.